The number of benzene rings is 2. The van der Waals surface area contributed by atoms with Gasteiger partial charge in [-0.2, -0.15) is 5.10 Å². The number of anilines is 1. The van der Waals surface area contributed by atoms with Gasteiger partial charge in [0.15, 0.2) is 12.5 Å². The number of nitrogens with zero attached hydrogens (tertiary/aromatic N) is 2. The van der Waals surface area contributed by atoms with Gasteiger partial charge >= 0.3 is 0 Å². The topological polar surface area (TPSA) is 113 Å². The van der Waals surface area contributed by atoms with Crippen molar-refractivity contribution < 1.29 is 14.3 Å². The fourth-order valence-electron chi connectivity index (χ4n) is 2.50. The Morgan fingerprint density at radius 2 is 1.96 bits per heavy atom. The number of aryl methyl sites for hydroxylation is 1. The Hall–Kier alpha value is -2.88. The number of amides is 1. The molecule has 27 heavy (non-hydrogen) atoms. The van der Waals surface area contributed by atoms with Crippen molar-refractivity contribution in [1.82, 2.24) is 9.78 Å². The standard InChI is InChI=1S/C19H17IN4O3/c1-11-5-6-13(19(22)26)8-16(11)27-10-24-18(21)15(9-23-24)17(25)12-3-2-4-14(20)7-12/h2-9H,10,21H2,1H3,(H2,22,26). The van der Waals surface area contributed by atoms with Crippen LogP contribution >= 0.6 is 22.6 Å². The third-order valence-corrected chi connectivity index (χ3v) is 4.70. The molecule has 0 fully saturated rings. The van der Waals surface area contributed by atoms with E-state index in [0.717, 1.165) is 9.13 Å². The number of carbonyl (C=O) groups excluding carboxylic acids is 2. The summed E-state index contributed by atoms with van der Waals surface area (Å²) in [6.45, 7) is 1.84. The molecule has 8 heteroatoms. The summed E-state index contributed by atoms with van der Waals surface area (Å²) in [5.41, 5.74) is 13.4. The largest absolute Gasteiger partial charge is 0.471 e. The SMILES string of the molecule is Cc1ccc(C(N)=O)cc1OCn1ncc(C(=O)c2cccc(I)c2)c1N. The first-order valence-electron chi connectivity index (χ1n) is 8.01. The van der Waals surface area contributed by atoms with Crippen LogP contribution in [0.15, 0.2) is 48.7 Å². The van der Waals surface area contributed by atoms with Crippen molar-refractivity contribution in [2.45, 2.75) is 13.7 Å². The number of ketones is 1. The molecule has 0 atom stereocenters. The zero-order valence-corrected chi connectivity index (χ0v) is 16.6. The summed E-state index contributed by atoms with van der Waals surface area (Å²) in [5.74, 6) is -0.0396. The molecular weight excluding hydrogens is 459 g/mol. The van der Waals surface area contributed by atoms with Crippen molar-refractivity contribution in [3.8, 4) is 5.75 Å². The molecule has 1 aromatic heterocycles. The second kappa shape index (κ2) is 7.78. The second-order valence-electron chi connectivity index (χ2n) is 5.90. The summed E-state index contributed by atoms with van der Waals surface area (Å²) < 4.78 is 8.06. The number of hydrogen-bond donors (Lipinski definition) is 2. The van der Waals surface area contributed by atoms with Crippen LogP contribution in [0.5, 0.6) is 5.75 Å². The summed E-state index contributed by atoms with van der Waals surface area (Å²) in [6.07, 6.45) is 1.42. The van der Waals surface area contributed by atoms with Crippen molar-refractivity contribution in [3.63, 3.8) is 0 Å². The van der Waals surface area contributed by atoms with Gasteiger partial charge in [0.25, 0.3) is 0 Å². The second-order valence-corrected chi connectivity index (χ2v) is 7.15. The molecule has 0 aliphatic heterocycles. The zero-order valence-electron chi connectivity index (χ0n) is 14.5. The Balaban J connectivity index is 1.79. The Bertz CT molecular complexity index is 1030. The number of nitrogens with two attached hydrogens (primary N) is 2. The molecule has 1 amide bonds. The van der Waals surface area contributed by atoms with Crippen molar-refractivity contribution >= 4 is 40.1 Å². The molecule has 0 radical (unpaired) electrons. The van der Waals surface area contributed by atoms with E-state index >= 15 is 0 Å². The Morgan fingerprint density at radius 1 is 1.19 bits per heavy atom. The van der Waals surface area contributed by atoms with Crippen LogP contribution in [0.25, 0.3) is 0 Å². The molecule has 3 rings (SSSR count). The van der Waals surface area contributed by atoms with Gasteiger partial charge in [0, 0.05) is 14.7 Å². The number of rotatable bonds is 6. The number of primary amides is 1. The third-order valence-electron chi connectivity index (χ3n) is 4.03. The average Bonchev–Trinajstić information content (AvgIpc) is 3.00. The highest BCUT2D eigenvalue weighted by Gasteiger charge is 2.17. The molecule has 0 saturated carbocycles. The van der Waals surface area contributed by atoms with Crippen molar-refractivity contribution in [2.75, 3.05) is 5.73 Å². The smallest absolute Gasteiger partial charge is 0.248 e. The van der Waals surface area contributed by atoms with E-state index in [1.165, 1.54) is 10.9 Å². The lowest BCUT2D eigenvalue weighted by molar-refractivity contribution is 0.0997. The lowest BCUT2D eigenvalue weighted by Gasteiger charge is -2.11. The first-order valence-corrected chi connectivity index (χ1v) is 9.09. The molecule has 138 valence electrons. The summed E-state index contributed by atoms with van der Waals surface area (Å²) in [5, 5.41) is 4.14. The van der Waals surface area contributed by atoms with Crippen molar-refractivity contribution in [1.29, 1.82) is 0 Å². The fraction of sp³-hybridized carbons (Fsp3) is 0.105. The quantitative estimate of drug-likeness (QED) is 0.420. The van der Waals surface area contributed by atoms with Crippen LogP contribution in [-0.2, 0) is 6.73 Å². The summed E-state index contributed by atoms with van der Waals surface area (Å²) >= 11 is 2.14. The molecule has 3 aromatic rings. The summed E-state index contributed by atoms with van der Waals surface area (Å²) in [6, 6.07) is 12.2. The van der Waals surface area contributed by atoms with Crippen LogP contribution in [-0.4, -0.2) is 21.5 Å². The van der Waals surface area contributed by atoms with E-state index in [1.807, 2.05) is 19.1 Å². The molecule has 4 N–H and O–H groups in total. The van der Waals surface area contributed by atoms with Gasteiger partial charge in [0.05, 0.1) is 11.8 Å². The lowest BCUT2D eigenvalue weighted by atomic mass is 10.1. The van der Waals surface area contributed by atoms with E-state index in [4.69, 9.17) is 16.2 Å². The first kappa shape index (κ1) is 18.9. The maximum absolute atomic E-state index is 12.7. The Labute approximate surface area is 169 Å². The van der Waals surface area contributed by atoms with E-state index in [9.17, 15) is 9.59 Å². The molecule has 0 spiro atoms. The van der Waals surface area contributed by atoms with Gasteiger partial charge in [-0.1, -0.05) is 18.2 Å². The fourth-order valence-corrected chi connectivity index (χ4v) is 3.04. The third kappa shape index (κ3) is 4.11. The highest BCUT2D eigenvalue weighted by atomic mass is 127. The van der Waals surface area contributed by atoms with Crippen molar-refractivity contribution in [2.24, 2.45) is 5.73 Å². The van der Waals surface area contributed by atoms with Gasteiger partial charge in [0.1, 0.15) is 11.6 Å². The maximum Gasteiger partial charge on any atom is 0.248 e. The van der Waals surface area contributed by atoms with Crippen LogP contribution in [0.1, 0.15) is 31.8 Å². The molecular formula is C19H17IN4O3. The lowest BCUT2D eigenvalue weighted by Crippen LogP contribution is -2.14. The van der Waals surface area contributed by atoms with Crippen LogP contribution < -0.4 is 16.2 Å². The normalized spacial score (nSPS) is 10.6. The molecule has 2 aromatic carbocycles. The monoisotopic (exact) mass is 476 g/mol. The van der Waals surface area contributed by atoms with E-state index < -0.39 is 5.91 Å². The molecule has 7 nitrogen and oxygen atoms in total. The number of ether oxygens (including phenoxy) is 1. The van der Waals surface area contributed by atoms with Gasteiger partial charge in [-0.3, -0.25) is 9.59 Å². The Morgan fingerprint density at radius 3 is 2.67 bits per heavy atom. The number of aromatic nitrogens is 2. The maximum atomic E-state index is 12.7. The van der Waals surface area contributed by atoms with Crippen LogP contribution in [0, 0.1) is 10.5 Å². The minimum atomic E-state index is -0.538. The predicted octanol–water partition coefficient (Wildman–Crippen LogP) is 2.74. The molecule has 0 unspecified atom stereocenters. The van der Waals surface area contributed by atoms with E-state index in [2.05, 4.69) is 27.7 Å². The van der Waals surface area contributed by atoms with Crippen LogP contribution in [0.4, 0.5) is 5.82 Å². The van der Waals surface area contributed by atoms with Crippen LogP contribution in [0.2, 0.25) is 0 Å². The molecule has 0 aliphatic rings. The van der Waals surface area contributed by atoms with E-state index in [1.54, 1.807) is 30.3 Å². The first-order chi connectivity index (χ1) is 12.9. The predicted molar refractivity (Wildman–Crippen MR) is 110 cm³/mol. The Kier molecular flexibility index (Phi) is 5.45. The van der Waals surface area contributed by atoms with Gasteiger partial charge < -0.3 is 16.2 Å². The molecule has 0 saturated heterocycles. The molecule has 1 heterocycles. The highest BCUT2D eigenvalue weighted by Crippen LogP contribution is 2.22. The van der Waals surface area contributed by atoms with Gasteiger partial charge in [0.2, 0.25) is 5.91 Å². The van der Waals surface area contributed by atoms with Gasteiger partial charge in [-0.15, -0.1) is 0 Å². The summed E-state index contributed by atoms with van der Waals surface area (Å²) in [7, 11) is 0. The molecule has 0 bridgehead atoms. The molecule has 0 aliphatic carbocycles. The van der Waals surface area contributed by atoms with Gasteiger partial charge in [-0.05, 0) is 59.3 Å². The highest BCUT2D eigenvalue weighted by molar-refractivity contribution is 14.1. The number of nitrogen functional groups attached to an aromatic ring is 1. The zero-order chi connectivity index (χ0) is 19.6. The van der Waals surface area contributed by atoms with E-state index in [-0.39, 0.29) is 18.3 Å². The van der Waals surface area contributed by atoms with E-state index in [0.29, 0.717) is 22.4 Å². The van der Waals surface area contributed by atoms with Crippen molar-refractivity contribution in [3.05, 3.63) is 74.5 Å². The minimum Gasteiger partial charge on any atom is -0.471 e. The summed E-state index contributed by atoms with van der Waals surface area (Å²) in [4.78, 5) is 24.0. The number of halogens is 1. The number of carbonyl (C=O) groups is 2. The van der Waals surface area contributed by atoms with Gasteiger partial charge in [-0.25, -0.2) is 4.68 Å². The average molecular weight is 476 g/mol. The van der Waals surface area contributed by atoms with Crippen LogP contribution in [0.3, 0.4) is 0 Å². The minimum absolute atomic E-state index is 0.00546. The number of hydrogen-bond acceptors (Lipinski definition) is 5.